The number of hydrogen-bond acceptors (Lipinski definition) is 9. The van der Waals surface area contributed by atoms with Gasteiger partial charge in [-0.15, -0.1) is 0 Å². The van der Waals surface area contributed by atoms with Gasteiger partial charge in [0.15, 0.2) is 0 Å². The summed E-state index contributed by atoms with van der Waals surface area (Å²) in [5, 5.41) is 12.8. The summed E-state index contributed by atoms with van der Waals surface area (Å²) >= 11 is 0. The highest BCUT2D eigenvalue weighted by Gasteiger charge is 2.33. The van der Waals surface area contributed by atoms with Crippen LogP contribution in [-0.4, -0.2) is 107 Å². The fourth-order valence-corrected chi connectivity index (χ4v) is 2.32. The Morgan fingerprint density at radius 2 is 0.889 bits per heavy atom. The summed E-state index contributed by atoms with van der Waals surface area (Å²) in [6.07, 6.45) is -0.419. The van der Waals surface area contributed by atoms with Gasteiger partial charge >= 0.3 is 17.8 Å². The molecule has 0 aromatic carbocycles. The minimum absolute atomic E-state index is 0.210. The van der Waals surface area contributed by atoms with Crippen LogP contribution < -0.4 is 21.7 Å². The molecule has 2 aliphatic rings. The number of carbonyl (C=O) groups is 6. The van der Waals surface area contributed by atoms with E-state index in [9.17, 15) is 43.5 Å². The molecule has 200 valence electrons. The maximum atomic E-state index is 11.0. The second-order valence-electron chi connectivity index (χ2n) is 7.53. The van der Waals surface area contributed by atoms with Crippen LogP contribution >= 0.6 is 0 Å². The van der Waals surface area contributed by atoms with Crippen molar-refractivity contribution < 1.29 is 39.2 Å². The van der Waals surface area contributed by atoms with E-state index in [1.165, 1.54) is 42.3 Å². The zero-order valence-corrected chi connectivity index (χ0v) is 21.4. The van der Waals surface area contributed by atoms with Gasteiger partial charge in [0.05, 0.1) is 14.1 Å². The van der Waals surface area contributed by atoms with Crippen LogP contribution in [0.1, 0.15) is 12.8 Å². The third-order valence-electron chi connectivity index (χ3n) is 4.73. The van der Waals surface area contributed by atoms with Crippen molar-refractivity contribution in [3.8, 4) is 5.88 Å². The molecule has 16 heteroatoms. The van der Waals surface area contributed by atoms with Crippen LogP contribution in [0.2, 0.25) is 0 Å². The summed E-state index contributed by atoms with van der Waals surface area (Å²) in [6.45, 7) is 0. The minimum atomic E-state index is -0.595. The van der Waals surface area contributed by atoms with Gasteiger partial charge in [-0.1, -0.05) is 0 Å². The number of aromatic nitrogens is 2. The molecule has 0 spiro atoms. The molecule has 2 aliphatic heterocycles. The number of nitrogens with zero attached hydrogens (tertiary/aromatic N) is 6. The quantitative estimate of drug-likeness (QED) is 0.334. The highest BCUT2D eigenvalue weighted by molar-refractivity contribution is 6.14. The monoisotopic (exact) mass is 513 g/mol. The first kappa shape index (κ1) is 31.7. The van der Waals surface area contributed by atoms with Crippen molar-refractivity contribution in [1.82, 2.24) is 28.7 Å². The van der Waals surface area contributed by atoms with E-state index in [1.54, 1.807) is 0 Å². The van der Waals surface area contributed by atoms with Gasteiger partial charge in [-0.05, 0) is 5.88 Å². The number of urea groups is 2. The lowest BCUT2D eigenvalue weighted by atomic mass is 10.3. The maximum Gasteiger partial charge on any atom is 0.332 e. The van der Waals surface area contributed by atoms with Gasteiger partial charge in [0.1, 0.15) is 12.8 Å². The van der Waals surface area contributed by atoms with E-state index < -0.39 is 52.8 Å². The summed E-state index contributed by atoms with van der Waals surface area (Å²) in [7, 11) is 12.1. The number of nitrogens with two attached hydrogens (primary N) is 1. The van der Waals surface area contributed by atoms with Crippen LogP contribution in [0.15, 0.2) is 15.7 Å². The van der Waals surface area contributed by atoms with E-state index in [2.05, 4.69) is 0 Å². The van der Waals surface area contributed by atoms with Crippen LogP contribution in [0.25, 0.3) is 0 Å². The predicted octanol–water partition coefficient (Wildman–Crippen LogP) is -4.18. The van der Waals surface area contributed by atoms with Crippen molar-refractivity contribution in [3.05, 3.63) is 26.9 Å². The van der Waals surface area contributed by atoms with Gasteiger partial charge in [0, 0.05) is 48.4 Å². The molecule has 0 atom stereocenters. The van der Waals surface area contributed by atoms with E-state index in [0.29, 0.717) is 0 Å². The largest absolute Gasteiger partial charge is 0.860 e. The normalized spacial score (nSPS) is 15.6. The summed E-state index contributed by atoms with van der Waals surface area (Å²) in [4.78, 5) is 90.6. The number of barbiturate groups is 2. The molecule has 1 aromatic heterocycles. The molecular weight excluding hydrogens is 482 g/mol. The van der Waals surface area contributed by atoms with Crippen LogP contribution in [0.3, 0.4) is 0 Å². The van der Waals surface area contributed by atoms with Crippen LogP contribution in [0, 0.1) is 0 Å². The average molecular weight is 514 g/mol. The molecular formula is C20H31N7O9. The lowest BCUT2D eigenvalue weighted by molar-refractivity contribution is -0.597. The standard InChI is InChI=1S/3C6H8N2O3.C2H7N/c3*1-7-4(9)3-5(10)8(2)6(7)11;1-3-2/h2*3H2,1-2H3;3,9H,1-2H3;3H,1-2H3. The lowest BCUT2D eigenvalue weighted by Crippen LogP contribution is -2.74. The number of quaternary nitrogens is 1. The number of amides is 8. The molecule has 36 heavy (non-hydrogen) atoms. The number of hydrogen-bond donors (Lipinski definition) is 1. The molecule has 3 heterocycles. The van der Waals surface area contributed by atoms with E-state index in [4.69, 9.17) is 0 Å². The van der Waals surface area contributed by atoms with E-state index in [1.807, 2.05) is 19.4 Å². The summed E-state index contributed by atoms with van der Waals surface area (Å²) in [5.41, 5.74) is -1.17. The molecule has 2 saturated heterocycles. The first-order chi connectivity index (χ1) is 16.5. The Balaban J connectivity index is 0.000000483. The second-order valence-corrected chi connectivity index (χ2v) is 7.53. The van der Waals surface area contributed by atoms with Crippen molar-refractivity contribution in [2.75, 3.05) is 42.3 Å². The molecule has 0 bridgehead atoms. The van der Waals surface area contributed by atoms with Crippen molar-refractivity contribution in [3.63, 3.8) is 0 Å². The van der Waals surface area contributed by atoms with Gasteiger partial charge in [-0.25, -0.2) is 14.4 Å². The second kappa shape index (κ2) is 13.5. The Bertz CT molecular complexity index is 1060. The molecule has 0 aliphatic carbocycles. The molecule has 2 fully saturated rings. The topological polar surface area (TPSA) is 199 Å². The number of rotatable bonds is 0. The fraction of sp³-hybridized carbons (Fsp3) is 0.500. The van der Waals surface area contributed by atoms with Crippen LogP contribution in [0.4, 0.5) is 9.59 Å². The molecule has 3 rings (SSSR count). The van der Waals surface area contributed by atoms with E-state index >= 15 is 0 Å². The first-order valence-corrected chi connectivity index (χ1v) is 10.3. The van der Waals surface area contributed by atoms with Gasteiger partial charge in [-0.3, -0.25) is 48.1 Å². The Morgan fingerprint density at radius 1 is 0.611 bits per heavy atom. The van der Waals surface area contributed by atoms with E-state index in [-0.39, 0.29) is 12.8 Å². The average Bonchev–Trinajstić information content (AvgIpc) is 2.82. The molecule has 0 unspecified atom stereocenters. The smallest absolute Gasteiger partial charge is 0.332 e. The van der Waals surface area contributed by atoms with Gasteiger partial charge in [0.2, 0.25) is 23.6 Å². The molecule has 16 nitrogen and oxygen atoms in total. The molecule has 2 N–H and O–H groups in total. The van der Waals surface area contributed by atoms with Gasteiger partial charge in [0.25, 0.3) is 5.56 Å². The van der Waals surface area contributed by atoms with Crippen molar-refractivity contribution >= 4 is 35.7 Å². The minimum Gasteiger partial charge on any atom is -0.860 e. The summed E-state index contributed by atoms with van der Waals surface area (Å²) < 4.78 is 1.75. The summed E-state index contributed by atoms with van der Waals surface area (Å²) in [6, 6.07) is -0.251. The van der Waals surface area contributed by atoms with Crippen molar-refractivity contribution in [2.24, 2.45) is 14.1 Å². The van der Waals surface area contributed by atoms with Gasteiger partial charge < -0.3 is 15.0 Å². The predicted molar refractivity (Wildman–Crippen MR) is 121 cm³/mol. The molecule has 8 amide bonds. The number of imide groups is 4. The Morgan fingerprint density at radius 3 is 1.17 bits per heavy atom. The third kappa shape index (κ3) is 7.86. The lowest BCUT2D eigenvalue weighted by Gasteiger charge is -2.26. The molecule has 0 saturated carbocycles. The van der Waals surface area contributed by atoms with Crippen LogP contribution in [0.5, 0.6) is 5.88 Å². The van der Waals surface area contributed by atoms with Gasteiger partial charge in [-0.2, -0.15) is 0 Å². The summed E-state index contributed by atoms with van der Waals surface area (Å²) in [5.74, 6) is -2.36. The highest BCUT2D eigenvalue weighted by Crippen LogP contribution is 2.07. The molecule has 0 radical (unpaired) electrons. The zero-order chi connectivity index (χ0) is 28.5. The van der Waals surface area contributed by atoms with E-state index in [0.717, 1.165) is 34.8 Å². The van der Waals surface area contributed by atoms with Crippen LogP contribution in [-0.2, 0) is 33.3 Å². The SMILES string of the molecule is CN1C(=O)CC(=O)N(C)C1=O.CN1C(=O)CC(=O)N(C)C1=O.C[NH2+]C.Cn1c([O-])cc(=O)n(C)c1=O. The molecule has 1 aromatic rings. The van der Waals surface area contributed by atoms with Crippen molar-refractivity contribution in [1.29, 1.82) is 0 Å². The maximum absolute atomic E-state index is 11.0. The highest BCUT2D eigenvalue weighted by atomic mass is 16.3. The third-order valence-corrected chi connectivity index (χ3v) is 4.73. The Kier molecular flexibility index (Phi) is 11.9. The Hall–Kier alpha value is -4.34. The first-order valence-electron chi connectivity index (χ1n) is 10.3. The van der Waals surface area contributed by atoms with Crippen molar-refractivity contribution in [2.45, 2.75) is 12.8 Å². The zero-order valence-electron chi connectivity index (χ0n) is 21.4. The Labute approximate surface area is 206 Å². The fourth-order valence-electron chi connectivity index (χ4n) is 2.32. The number of carbonyl (C=O) groups excluding carboxylic acids is 6.